The molecule has 4 aromatic rings. The molecule has 0 aliphatic carbocycles. The van der Waals surface area contributed by atoms with Gasteiger partial charge in [-0.15, -0.1) is 0 Å². The molecule has 7 heteroatoms. The number of furan rings is 1. The number of aryl methyl sites for hydroxylation is 1. The molecule has 0 bridgehead atoms. The normalized spacial score (nSPS) is 11.7. The van der Waals surface area contributed by atoms with Crippen LogP contribution in [-0.2, 0) is 13.1 Å². The SMILES string of the molecule is CN=C(NCc1ccc(-n2ccnc2)nc1)NCc1oc2ccccc2c1C. The highest BCUT2D eigenvalue weighted by atomic mass is 16.3. The highest BCUT2D eigenvalue weighted by Gasteiger charge is 2.10. The summed E-state index contributed by atoms with van der Waals surface area (Å²) >= 11 is 0. The number of hydrogen-bond acceptors (Lipinski definition) is 4. The van der Waals surface area contributed by atoms with E-state index in [0.29, 0.717) is 19.0 Å². The van der Waals surface area contributed by atoms with Gasteiger partial charge >= 0.3 is 0 Å². The molecule has 0 unspecified atom stereocenters. The van der Waals surface area contributed by atoms with Gasteiger partial charge in [0.05, 0.1) is 6.54 Å². The lowest BCUT2D eigenvalue weighted by molar-refractivity contribution is 0.534. The third-order valence-corrected chi connectivity index (χ3v) is 4.62. The number of imidazole rings is 1. The number of para-hydroxylation sites is 1. The highest BCUT2D eigenvalue weighted by Crippen LogP contribution is 2.24. The molecule has 0 atom stereocenters. The Bertz CT molecular complexity index is 1080. The average molecular weight is 374 g/mol. The first-order chi connectivity index (χ1) is 13.7. The zero-order valence-electron chi connectivity index (χ0n) is 15.9. The van der Waals surface area contributed by atoms with E-state index in [1.165, 1.54) is 0 Å². The van der Waals surface area contributed by atoms with Crippen molar-refractivity contribution in [3.8, 4) is 5.82 Å². The number of nitrogens with one attached hydrogen (secondary N) is 2. The number of aromatic nitrogens is 3. The number of rotatable bonds is 5. The molecule has 0 amide bonds. The maximum absolute atomic E-state index is 5.94. The van der Waals surface area contributed by atoms with Gasteiger partial charge in [-0.25, -0.2) is 9.97 Å². The van der Waals surface area contributed by atoms with Crippen LogP contribution in [0.3, 0.4) is 0 Å². The molecule has 0 spiro atoms. The van der Waals surface area contributed by atoms with Gasteiger partial charge in [0.2, 0.25) is 0 Å². The van der Waals surface area contributed by atoms with Gasteiger partial charge in [-0.2, -0.15) is 0 Å². The Morgan fingerprint density at radius 1 is 1.14 bits per heavy atom. The monoisotopic (exact) mass is 374 g/mol. The lowest BCUT2D eigenvalue weighted by atomic mass is 10.1. The van der Waals surface area contributed by atoms with E-state index < -0.39 is 0 Å². The Hall–Kier alpha value is -3.61. The molecule has 0 saturated heterocycles. The number of pyridine rings is 1. The van der Waals surface area contributed by atoms with Gasteiger partial charge in [0.15, 0.2) is 5.96 Å². The molecule has 7 nitrogen and oxygen atoms in total. The third-order valence-electron chi connectivity index (χ3n) is 4.62. The van der Waals surface area contributed by atoms with Crippen LogP contribution in [0.1, 0.15) is 16.9 Å². The first-order valence-electron chi connectivity index (χ1n) is 9.09. The number of benzene rings is 1. The minimum Gasteiger partial charge on any atom is -0.459 e. The van der Waals surface area contributed by atoms with Crippen LogP contribution >= 0.6 is 0 Å². The summed E-state index contributed by atoms with van der Waals surface area (Å²) in [6.07, 6.45) is 7.17. The largest absolute Gasteiger partial charge is 0.459 e. The van der Waals surface area contributed by atoms with Crippen molar-refractivity contribution >= 4 is 16.9 Å². The van der Waals surface area contributed by atoms with Crippen molar-refractivity contribution < 1.29 is 4.42 Å². The maximum Gasteiger partial charge on any atom is 0.191 e. The van der Waals surface area contributed by atoms with Crippen molar-refractivity contribution in [2.45, 2.75) is 20.0 Å². The molecule has 28 heavy (non-hydrogen) atoms. The lowest BCUT2D eigenvalue weighted by Gasteiger charge is -2.11. The van der Waals surface area contributed by atoms with Crippen molar-refractivity contribution in [3.05, 3.63) is 78.2 Å². The number of fused-ring (bicyclic) bond motifs is 1. The maximum atomic E-state index is 5.94. The van der Waals surface area contributed by atoms with Gasteiger partial charge in [0.1, 0.15) is 23.5 Å². The number of guanidine groups is 1. The van der Waals surface area contributed by atoms with Crippen LogP contribution in [0.2, 0.25) is 0 Å². The second-order valence-electron chi connectivity index (χ2n) is 6.42. The molecular weight excluding hydrogens is 352 g/mol. The van der Waals surface area contributed by atoms with Crippen LogP contribution in [0.4, 0.5) is 0 Å². The molecule has 0 radical (unpaired) electrons. The first kappa shape index (κ1) is 17.8. The molecule has 2 N–H and O–H groups in total. The topological polar surface area (TPSA) is 80.3 Å². The average Bonchev–Trinajstić information content (AvgIpc) is 3.38. The number of hydrogen-bond donors (Lipinski definition) is 2. The Kier molecular flexibility index (Phi) is 5.05. The van der Waals surface area contributed by atoms with Crippen LogP contribution in [0.5, 0.6) is 0 Å². The van der Waals surface area contributed by atoms with Gasteiger partial charge < -0.3 is 15.1 Å². The van der Waals surface area contributed by atoms with E-state index in [-0.39, 0.29) is 0 Å². The summed E-state index contributed by atoms with van der Waals surface area (Å²) in [5.41, 5.74) is 3.12. The van der Waals surface area contributed by atoms with Crippen LogP contribution in [0.25, 0.3) is 16.8 Å². The van der Waals surface area contributed by atoms with Crippen LogP contribution in [-0.4, -0.2) is 27.5 Å². The fraction of sp³-hybridized carbons (Fsp3) is 0.190. The van der Waals surface area contributed by atoms with Gasteiger partial charge in [-0.1, -0.05) is 24.3 Å². The zero-order valence-corrected chi connectivity index (χ0v) is 15.9. The minimum absolute atomic E-state index is 0.567. The summed E-state index contributed by atoms with van der Waals surface area (Å²) in [5.74, 6) is 2.46. The summed E-state index contributed by atoms with van der Waals surface area (Å²) in [4.78, 5) is 12.8. The molecule has 0 aliphatic rings. The fourth-order valence-electron chi connectivity index (χ4n) is 3.03. The minimum atomic E-state index is 0.567. The van der Waals surface area contributed by atoms with Crippen LogP contribution < -0.4 is 10.6 Å². The van der Waals surface area contributed by atoms with Gasteiger partial charge in [0, 0.05) is 43.1 Å². The molecule has 1 aromatic carbocycles. The molecule has 142 valence electrons. The van der Waals surface area contributed by atoms with Gasteiger partial charge in [-0.05, 0) is 24.6 Å². The van der Waals surface area contributed by atoms with E-state index in [4.69, 9.17) is 4.42 Å². The Labute approximate surface area is 163 Å². The Morgan fingerprint density at radius 3 is 2.71 bits per heavy atom. The van der Waals surface area contributed by atoms with E-state index in [1.807, 2.05) is 47.3 Å². The van der Waals surface area contributed by atoms with Gasteiger partial charge in [-0.3, -0.25) is 9.56 Å². The summed E-state index contributed by atoms with van der Waals surface area (Å²) < 4.78 is 7.81. The van der Waals surface area contributed by atoms with Crippen LogP contribution in [0, 0.1) is 6.92 Å². The summed E-state index contributed by atoms with van der Waals surface area (Å²) in [6.45, 7) is 3.26. The molecule has 0 fully saturated rings. The van der Waals surface area contributed by atoms with E-state index in [0.717, 1.165) is 33.7 Å². The molecule has 3 heterocycles. The van der Waals surface area contributed by atoms with Crippen molar-refractivity contribution in [3.63, 3.8) is 0 Å². The predicted molar refractivity (Wildman–Crippen MR) is 109 cm³/mol. The van der Waals surface area contributed by atoms with Crippen molar-refractivity contribution in [1.82, 2.24) is 25.2 Å². The van der Waals surface area contributed by atoms with E-state index in [2.05, 4.69) is 38.6 Å². The zero-order chi connectivity index (χ0) is 19.3. The summed E-state index contributed by atoms with van der Waals surface area (Å²) in [6, 6.07) is 12.1. The van der Waals surface area contributed by atoms with Crippen molar-refractivity contribution in [2.24, 2.45) is 4.99 Å². The second-order valence-corrected chi connectivity index (χ2v) is 6.42. The van der Waals surface area contributed by atoms with Crippen molar-refractivity contribution in [1.29, 1.82) is 0 Å². The first-order valence-corrected chi connectivity index (χ1v) is 9.09. The Morgan fingerprint density at radius 2 is 2.00 bits per heavy atom. The van der Waals surface area contributed by atoms with E-state index in [9.17, 15) is 0 Å². The van der Waals surface area contributed by atoms with E-state index >= 15 is 0 Å². The predicted octanol–water partition coefficient (Wildman–Crippen LogP) is 3.19. The summed E-state index contributed by atoms with van der Waals surface area (Å²) in [5, 5.41) is 7.75. The quantitative estimate of drug-likeness (QED) is 0.414. The fourth-order valence-corrected chi connectivity index (χ4v) is 3.03. The third kappa shape index (κ3) is 3.73. The van der Waals surface area contributed by atoms with Gasteiger partial charge in [0.25, 0.3) is 0 Å². The van der Waals surface area contributed by atoms with Crippen LogP contribution in [0.15, 0.2) is 70.7 Å². The number of nitrogens with zero attached hydrogens (tertiary/aromatic N) is 4. The molecule has 4 rings (SSSR count). The molecule has 3 aromatic heterocycles. The highest BCUT2D eigenvalue weighted by molar-refractivity contribution is 5.82. The number of aliphatic imine (C=N–C) groups is 1. The molecular formula is C21H22N6O. The Balaban J connectivity index is 1.35. The molecule has 0 saturated carbocycles. The standard InChI is InChI=1S/C21H22N6O/c1-15-17-5-3-4-6-18(17)28-19(15)13-26-21(22-2)25-12-16-7-8-20(24-11-16)27-10-9-23-14-27/h3-11,14H,12-13H2,1-2H3,(H2,22,25,26). The second kappa shape index (κ2) is 7.96. The lowest BCUT2D eigenvalue weighted by Crippen LogP contribution is -2.36. The summed E-state index contributed by atoms with van der Waals surface area (Å²) in [7, 11) is 1.75. The molecule has 0 aliphatic heterocycles. The van der Waals surface area contributed by atoms with Crippen molar-refractivity contribution in [2.75, 3.05) is 7.05 Å². The van der Waals surface area contributed by atoms with E-state index in [1.54, 1.807) is 19.6 Å². The smallest absolute Gasteiger partial charge is 0.191 e.